The van der Waals surface area contributed by atoms with Crippen LogP contribution in [0.15, 0.2) is 12.1 Å². The lowest BCUT2D eigenvalue weighted by Crippen LogP contribution is -2.47. The van der Waals surface area contributed by atoms with Gasteiger partial charge in [0, 0.05) is 54.5 Å². The fraction of sp³-hybridized carbons (Fsp3) is 0.591. The van der Waals surface area contributed by atoms with Gasteiger partial charge in [-0.25, -0.2) is 4.98 Å². The molecule has 0 radical (unpaired) electrons. The molecule has 30 heavy (non-hydrogen) atoms. The first-order valence-corrected chi connectivity index (χ1v) is 11.0. The first-order valence-electron chi connectivity index (χ1n) is 11.0. The summed E-state index contributed by atoms with van der Waals surface area (Å²) in [7, 11) is 0. The molecule has 2 aromatic heterocycles. The van der Waals surface area contributed by atoms with Crippen molar-refractivity contribution in [2.24, 2.45) is 0 Å². The van der Waals surface area contributed by atoms with Gasteiger partial charge in [-0.15, -0.1) is 0 Å². The minimum absolute atomic E-state index is 0.399. The molecule has 8 heteroatoms. The van der Waals surface area contributed by atoms with E-state index in [1.807, 2.05) is 13.0 Å². The predicted octanol–water partition coefficient (Wildman–Crippen LogP) is 3.50. The van der Waals surface area contributed by atoms with Gasteiger partial charge in [-0.05, 0) is 45.4 Å². The molecule has 5 rings (SSSR count). The van der Waals surface area contributed by atoms with E-state index in [9.17, 15) is 0 Å². The molecule has 8 nitrogen and oxygen atoms in total. The molecule has 2 fully saturated rings. The first-order chi connectivity index (χ1) is 14.7. The van der Waals surface area contributed by atoms with Gasteiger partial charge in [0.2, 0.25) is 0 Å². The summed E-state index contributed by atoms with van der Waals surface area (Å²) in [5.41, 5.74) is 2.13. The quantitative estimate of drug-likeness (QED) is 0.673. The number of nitriles is 1. The molecule has 2 bridgehead atoms. The SMILES string of the molecule is Cc1cc(Nc2nc(N[C@@H]3CC4CC[C@@H](C3)N4CCC#N)cc3c2CCCO3)n[nH]1. The van der Waals surface area contributed by atoms with Gasteiger partial charge in [-0.1, -0.05) is 0 Å². The summed E-state index contributed by atoms with van der Waals surface area (Å²) in [4.78, 5) is 7.46. The second-order valence-corrected chi connectivity index (χ2v) is 8.69. The van der Waals surface area contributed by atoms with E-state index < -0.39 is 0 Å². The van der Waals surface area contributed by atoms with Crippen molar-refractivity contribution in [3.63, 3.8) is 0 Å². The Morgan fingerprint density at radius 3 is 2.83 bits per heavy atom. The molecule has 0 aliphatic carbocycles. The van der Waals surface area contributed by atoms with E-state index in [4.69, 9.17) is 15.0 Å². The molecular weight excluding hydrogens is 378 g/mol. The topological polar surface area (TPSA) is 102 Å². The van der Waals surface area contributed by atoms with Crippen LogP contribution in [-0.2, 0) is 6.42 Å². The number of ether oxygens (including phenoxy) is 1. The summed E-state index contributed by atoms with van der Waals surface area (Å²) in [5.74, 6) is 3.38. The normalized spacial score (nSPS) is 25.3. The highest BCUT2D eigenvalue weighted by atomic mass is 16.5. The summed E-state index contributed by atoms with van der Waals surface area (Å²) in [6.45, 7) is 3.64. The van der Waals surface area contributed by atoms with E-state index in [0.29, 0.717) is 24.5 Å². The fourth-order valence-corrected chi connectivity index (χ4v) is 5.28. The third-order valence-corrected chi connectivity index (χ3v) is 6.58. The van der Waals surface area contributed by atoms with Crippen LogP contribution >= 0.6 is 0 Å². The molecule has 0 spiro atoms. The number of fused-ring (bicyclic) bond motifs is 3. The molecule has 5 heterocycles. The highest BCUT2D eigenvalue weighted by Gasteiger charge is 2.40. The van der Waals surface area contributed by atoms with Gasteiger partial charge in [-0.3, -0.25) is 10.00 Å². The Morgan fingerprint density at radius 1 is 1.27 bits per heavy atom. The standard InChI is InChI=1S/C22H29N7O/c1-14-10-21(28-27-14)26-22-18-4-2-9-30-19(18)13-20(25-22)24-15-11-16-5-6-17(12-15)29(16)8-3-7-23/h10,13,15-17H,2-6,8-9,11-12H2,1H3,(H3,24,25,26,27,28)/t15-,16-,17?/m0/s1. The lowest BCUT2D eigenvalue weighted by atomic mass is 9.97. The molecule has 3 aliphatic heterocycles. The van der Waals surface area contributed by atoms with Crippen LogP contribution in [0.3, 0.4) is 0 Å². The number of aryl methyl sites for hydroxylation is 1. The number of nitrogens with one attached hydrogen (secondary N) is 3. The van der Waals surface area contributed by atoms with Crippen molar-refractivity contribution in [1.82, 2.24) is 20.1 Å². The van der Waals surface area contributed by atoms with E-state index >= 15 is 0 Å². The maximum atomic E-state index is 8.95. The van der Waals surface area contributed by atoms with E-state index in [1.165, 1.54) is 12.8 Å². The van der Waals surface area contributed by atoms with Crippen LogP contribution in [0.5, 0.6) is 5.75 Å². The molecule has 0 saturated carbocycles. The number of piperidine rings is 1. The number of hydrogen-bond donors (Lipinski definition) is 3. The number of H-pyrrole nitrogens is 1. The Labute approximate surface area is 177 Å². The van der Waals surface area contributed by atoms with Gasteiger partial charge in [-0.2, -0.15) is 10.4 Å². The van der Waals surface area contributed by atoms with E-state index in [0.717, 1.165) is 73.3 Å². The Kier molecular flexibility index (Phi) is 5.21. The van der Waals surface area contributed by atoms with Crippen LogP contribution in [0.2, 0.25) is 0 Å². The smallest absolute Gasteiger partial charge is 0.153 e. The van der Waals surface area contributed by atoms with Crippen molar-refractivity contribution in [3.8, 4) is 11.8 Å². The monoisotopic (exact) mass is 407 g/mol. The lowest BCUT2D eigenvalue weighted by Gasteiger charge is -2.39. The maximum absolute atomic E-state index is 8.95. The average molecular weight is 408 g/mol. The number of hydrogen-bond acceptors (Lipinski definition) is 7. The zero-order valence-corrected chi connectivity index (χ0v) is 17.4. The fourth-order valence-electron chi connectivity index (χ4n) is 5.28. The first kappa shape index (κ1) is 19.2. The molecule has 158 valence electrons. The third kappa shape index (κ3) is 3.82. The number of nitrogens with zero attached hydrogens (tertiary/aromatic N) is 4. The predicted molar refractivity (Wildman–Crippen MR) is 115 cm³/mol. The maximum Gasteiger partial charge on any atom is 0.153 e. The number of aromatic nitrogens is 3. The molecule has 2 saturated heterocycles. The summed E-state index contributed by atoms with van der Waals surface area (Å²) < 4.78 is 5.97. The summed E-state index contributed by atoms with van der Waals surface area (Å²) in [6, 6.07) is 7.88. The van der Waals surface area contributed by atoms with E-state index in [-0.39, 0.29) is 0 Å². The van der Waals surface area contributed by atoms with Crippen molar-refractivity contribution >= 4 is 17.5 Å². The van der Waals surface area contributed by atoms with Crippen molar-refractivity contribution in [3.05, 3.63) is 23.4 Å². The minimum atomic E-state index is 0.399. The van der Waals surface area contributed by atoms with Gasteiger partial charge < -0.3 is 15.4 Å². The van der Waals surface area contributed by atoms with Crippen LogP contribution in [0.25, 0.3) is 0 Å². The summed E-state index contributed by atoms with van der Waals surface area (Å²) >= 11 is 0. The second kappa shape index (κ2) is 8.15. The van der Waals surface area contributed by atoms with Crippen LogP contribution in [-0.4, -0.2) is 51.4 Å². The van der Waals surface area contributed by atoms with E-state index in [1.54, 1.807) is 0 Å². The molecule has 3 N–H and O–H groups in total. The number of rotatable bonds is 6. The van der Waals surface area contributed by atoms with Crippen LogP contribution in [0.4, 0.5) is 17.5 Å². The molecular formula is C22H29N7O. The summed E-state index contributed by atoms with van der Waals surface area (Å²) in [6.07, 6.45) is 7.25. The second-order valence-electron chi connectivity index (χ2n) is 8.69. The highest BCUT2D eigenvalue weighted by molar-refractivity contribution is 5.64. The van der Waals surface area contributed by atoms with Gasteiger partial charge in [0.1, 0.15) is 17.4 Å². The lowest BCUT2D eigenvalue weighted by molar-refractivity contribution is 0.135. The van der Waals surface area contributed by atoms with Crippen LogP contribution in [0.1, 0.15) is 49.8 Å². The van der Waals surface area contributed by atoms with E-state index in [2.05, 4.69) is 37.9 Å². The Morgan fingerprint density at radius 2 is 2.10 bits per heavy atom. The van der Waals surface area contributed by atoms with Crippen molar-refractivity contribution in [1.29, 1.82) is 5.26 Å². The molecule has 0 amide bonds. The average Bonchev–Trinajstić information content (AvgIpc) is 3.25. The molecule has 2 aromatic rings. The third-order valence-electron chi connectivity index (χ3n) is 6.58. The molecule has 3 atom stereocenters. The number of aromatic amines is 1. The zero-order valence-electron chi connectivity index (χ0n) is 17.4. The van der Waals surface area contributed by atoms with Gasteiger partial charge in [0.25, 0.3) is 0 Å². The van der Waals surface area contributed by atoms with Crippen molar-refractivity contribution in [2.75, 3.05) is 23.8 Å². The Balaban J connectivity index is 1.34. The van der Waals surface area contributed by atoms with Gasteiger partial charge in [0.05, 0.1) is 12.7 Å². The van der Waals surface area contributed by atoms with Crippen LogP contribution in [0, 0.1) is 18.3 Å². The highest BCUT2D eigenvalue weighted by Crippen LogP contribution is 2.38. The Hall–Kier alpha value is -2.79. The minimum Gasteiger partial charge on any atom is -0.493 e. The molecule has 0 aromatic carbocycles. The van der Waals surface area contributed by atoms with Gasteiger partial charge >= 0.3 is 0 Å². The zero-order chi connectivity index (χ0) is 20.5. The largest absolute Gasteiger partial charge is 0.493 e. The number of pyridine rings is 1. The van der Waals surface area contributed by atoms with Crippen LogP contribution < -0.4 is 15.4 Å². The molecule has 1 unspecified atom stereocenters. The van der Waals surface area contributed by atoms with Crippen molar-refractivity contribution < 1.29 is 4.74 Å². The Bertz CT molecular complexity index is 935. The van der Waals surface area contributed by atoms with Crippen molar-refractivity contribution in [2.45, 2.75) is 70.0 Å². The summed E-state index contributed by atoms with van der Waals surface area (Å²) in [5, 5.41) is 23.3. The number of anilines is 3. The van der Waals surface area contributed by atoms with Gasteiger partial charge in [0.15, 0.2) is 5.82 Å². The molecule has 3 aliphatic rings.